The second-order valence-corrected chi connectivity index (χ2v) is 3.00. The Morgan fingerprint density at radius 2 is 2.07 bits per heavy atom. The molecule has 0 aliphatic heterocycles. The fourth-order valence-electron chi connectivity index (χ4n) is 0.967. The molecule has 0 N–H and O–H groups in total. The van der Waals surface area contributed by atoms with Crippen LogP contribution in [0.5, 0.6) is 0 Å². The van der Waals surface area contributed by atoms with Gasteiger partial charge in [-0.1, -0.05) is 29.7 Å². The monoisotopic (exact) mass is 207 g/mol. The van der Waals surface area contributed by atoms with Crippen LogP contribution in [0.4, 0.5) is 0 Å². The largest absolute Gasteiger partial charge is 0.353 e. The van der Waals surface area contributed by atoms with Crippen LogP contribution in [0.1, 0.15) is 11.7 Å². The number of halogens is 1. The summed E-state index contributed by atoms with van der Waals surface area (Å²) >= 11 is 5.69. The van der Waals surface area contributed by atoms with E-state index in [1.807, 2.05) is 0 Å². The van der Waals surface area contributed by atoms with Gasteiger partial charge in [-0.15, -0.1) is 6.42 Å². The number of ether oxygens (including phenoxy) is 1. The SMILES string of the molecule is C#CCOC([C]=O)c1ccc(Cl)cc1. The summed E-state index contributed by atoms with van der Waals surface area (Å²) in [5, 5.41) is 0.607. The maximum atomic E-state index is 10.5. The Kier molecular flexibility index (Phi) is 4.18. The van der Waals surface area contributed by atoms with Crippen LogP contribution in [-0.4, -0.2) is 12.9 Å². The average Bonchev–Trinajstić information content (AvgIpc) is 2.21. The maximum Gasteiger partial charge on any atom is 0.234 e. The van der Waals surface area contributed by atoms with E-state index in [1.165, 1.54) is 0 Å². The van der Waals surface area contributed by atoms with Crippen LogP contribution in [0.3, 0.4) is 0 Å². The lowest BCUT2D eigenvalue weighted by molar-refractivity contribution is 0.125. The van der Waals surface area contributed by atoms with Crippen molar-refractivity contribution in [2.75, 3.05) is 6.61 Å². The highest BCUT2D eigenvalue weighted by atomic mass is 35.5. The van der Waals surface area contributed by atoms with Gasteiger partial charge in [0.2, 0.25) is 6.29 Å². The Morgan fingerprint density at radius 3 is 2.57 bits per heavy atom. The predicted molar refractivity (Wildman–Crippen MR) is 54.7 cm³/mol. The molecule has 0 aromatic heterocycles. The zero-order valence-corrected chi connectivity index (χ0v) is 8.12. The third kappa shape index (κ3) is 2.88. The second-order valence-electron chi connectivity index (χ2n) is 2.56. The first-order valence-electron chi connectivity index (χ1n) is 3.96. The summed E-state index contributed by atoms with van der Waals surface area (Å²) in [5.41, 5.74) is 0.694. The fourth-order valence-corrected chi connectivity index (χ4v) is 1.09. The van der Waals surface area contributed by atoms with E-state index >= 15 is 0 Å². The van der Waals surface area contributed by atoms with E-state index < -0.39 is 6.10 Å². The Labute approximate surface area is 87.8 Å². The molecule has 0 aliphatic carbocycles. The van der Waals surface area contributed by atoms with Gasteiger partial charge in [-0.25, -0.2) is 0 Å². The van der Waals surface area contributed by atoms with Crippen LogP contribution >= 0.6 is 11.6 Å². The van der Waals surface area contributed by atoms with E-state index in [-0.39, 0.29) is 6.61 Å². The summed E-state index contributed by atoms with van der Waals surface area (Å²) in [4.78, 5) is 10.5. The number of rotatable bonds is 4. The number of carbonyl (C=O) groups excluding carboxylic acids is 1. The molecule has 2 nitrogen and oxygen atoms in total. The molecule has 1 radical (unpaired) electrons. The van der Waals surface area contributed by atoms with Crippen molar-refractivity contribution in [2.24, 2.45) is 0 Å². The molecule has 0 amide bonds. The number of hydrogen-bond donors (Lipinski definition) is 0. The van der Waals surface area contributed by atoms with Gasteiger partial charge in [0.25, 0.3) is 0 Å². The molecule has 1 atom stereocenters. The lowest BCUT2D eigenvalue weighted by Crippen LogP contribution is -2.05. The first-order valence-corrected chi connectivity index (χ1v) is 4.34. The summed E-state index contributed by atoms with van der Waals surface area (Å²) in [7, 11) is 0. The first-order chi connectivity index (χ1) is 6.77. The molecule has 0 aliphatic rings. The van der Waals surface area contributed by atoms with Crippen LogP contribution in [0, 0.1) is 12.3 Å². The normalized spacial score (nSPS) is 11.7. The molecule has 0 heterocycles. The van der Waals surface area contributed by atoms with Gasteiger partial charge in [0.05, 0.1) is 0 Å². The van der Waals surface area contributed by atoms with Gasteiger partial charge in [-0.3, -0.25) is 4.79 Å². The molecule has 1 aromatic rings. The standard InChI is InChI=1S/C11H8ClO2/c1-2-7-14-11(8-13)9-3-5-10(12)6-4-9/h1,3-6,11H,7H2. The number of terminal acetylenes is 1. The van der Waals surface area contributed by atoms with E-state index in [2.05, 4.69) is 5.92 Å². The van der Waals surface area contributed by atoms with Crippen LogP contribution < -0.4 is 0 Å². The van der Waals surface area contributed by atoms with E-state index in [0.717, 1.165) is 0 Å². The Bertz CT molecular complexity index is 337. The molecular weight excluding hydrogens is 200 g/mol. The smallest absolute Gasteiger partial charge is 0.234 e. The van der Waals surface area contributed by atoms with Crippen molar-refractivity contribution in [1.82, 2.24) is 0 Å². The fraction of sp³-hybridized carbons (Fsp3) is 0.182. The lowest BCUT2D eigenvalue weighted by atomic mass is 10.1. The van der Waals surface area contributed by atoms with Crippen molar-refractivity contribution in [3.8, 4) is 12.3 Å². The minimum Gasteiger partial charge on any atom is -0.353 e. The maximum absolute atomic E-state index is 10.5. The summed E-state index contributed by atoms with van der Waals surface area (Å²) in [6.45, 7) is 0.0858. The summed E-state index contributed by atoms with van der Waals surface area (Å²) in [6, 6.07) is 6.77. The molecule has 1 rings (SSSR count). The van der Waals surface area contributed by atoms with Gasteiger partial charge >= 0.3 is 0 Å². The average molecular weight is 208 g/mol. The van der Waals surface area contributed by atoms with Gasteiger partial charge in [0.15, 0.2) is 0 Å². The van der Waals surface area contributed by atoms with Gasteiger partial charge in [-0.05, 0) is 17.7 Å². The van der Waals surface area contributed by atoms with Crippen molar-refractivity contribution in [1.29, 1.82) is 0 Å². The molecular formula is C11H8ClO2. The molecule has 0 fully saturated rings. The van der Waals surface area contributed by atoms with Gasteiger partial charge in [-0.2, -0.15) is 0 Å². The molecule has 1 aromatic carbocycles. The lowest BCUT2D eigenvalue weighted by Gasteiger charge is -2.08. The van der Waals surface area contributed by atoms with Crippen LogP contribution in [0.15, 0.2) is 24.3 Å². The van der Waals surface area contributed by atoms with Crippen molar-refractivity contribution < 1.29 is 9.53 Å². The van der Waals surface area contributed by atoms with E-state index in [4.69, 9.17) is 22.8 Å². The van der Waals surface area contributed by atoms with Gasteiger partial charge < -0.3 is 4.74 Å². The van der Waals surface area contributed by atoms with E-state index in [0.29, 0.717) is 10.6 Å². The van der Waals surface area contributed by atoms with Gasteiger partial charge in [0.1, 0.15) is 12.7 Å². The number of hydrogen-bond acceptors (Lipinski definition) is 2. The molecule has 3 heteroatoms. The first kappa shape index (κ1) is 10.8. The highest BCUT2D eigenvalue weighted by Crippen LogP contribution is 2.17. The van der Waals surface area contributed by atoms with Crippen molar-refractivity contribution in [3.05, 3.63) is 34.9 Å². The van der Waals surface area contributed by atoms with Crippen molar-refractivity contribution in [2.45, 2.75) is 6.10 Å². The van der Waals surface area contributed by atoms with Crippen molar-refractivity contribution in [3.63, 3.8) is 0 Å². The molecule has 0 bridgehead atoms. The molecule has 0 saturated heterocycles. The van der Waals surface area contributed by atoms with Crippen molar-refractivity contribution >= 4 is 17.9 Å². The Morgan fingerprint density at radius 1 is 1.43 bits per heavy atom. The van der Waals surface area contributed by atoms with Gasteiger partial charge in [0, 0.05) is 5.02 Å². The molecule has 71 valence electrons. The molecule has 1 unspecified atom stereocenters. The van der Waals surface area contributed by atoms with E-state index in [1.54, 1.807) is 30.6 Å². The highest BCUT2D eigenvalue weighted by Gasteiger charge is 2.10. The third-order valence-electron chi connectivity index (χ3n) is 1.61. The Hall–Kier alpha value is -1.30. The van der Waals surface area contributed by atoms with E-state index in [9.17, 15) is 4.79 Å². The Balaban J connectivity index is 2.74. The quantitative estimate of drug-likeness (QED) is 0.708. The zero-order valence-electron chi connectivity index (χ0n) is 7.37. The highest BCUT2D eigenvalue weighted by molar-refractivity contribution is 6.30. The summed E-state index contributed by atoms with van der Waals surface area (Å²) in [6.07, 6.45) is 6.04. The number of benzene rings is 1. The molecule has 0 saturated carbocycles. The molecule has 0 spiro atoms. The topological polar surface area (TPSA) is 26.3 Å². The second kappa shape index (κ2) is 5.43. The third-order valence-corrected chi connectivity index (χ3v) is 1.87. The van der Waals surface area contributed by atoms with Crippen LogP contribution in [0.25, 0.3) is 0 Å². The summed E-state index contributed by atoms with van der Waals surface area (Å²) in [5.74, 6) is 2.29. The minimum atomic E-state index is -0.733. The molecule has 14 heavy (non-hydrogen) atoms. The van der Waals surface area contributed by atoms with Crippen LogP contribution in [0.2, 0.25) is 5.02 Å². The zero-order chi connectivity index (χ0) is 10.4. The van der Waals surface area contributed by atoms with Crippen LogP contribution in [-0.2, 0) is 9.53 Å². The summed E-state index contributed by atoms with van der Waals surface area (Å²) < 4.78 is 5.06. The minimum absolute atomic E-state index is 0.0858. The predicted octanol–water partition coefficient (Wildman–Crippen LogP) is 2.14.